The second-order valence-electron chi connectivity index (χ2n) is 7.47. The summed E-state index contributed by atoms with van der Waals surface area (Å²) in [4.78, 5) is 52.2. The zero-order valence-electron chi connectivity index (χ0n) is 17.1. The predicted molar refractivity (Wildman–Crippen MR) is 112 cm³/mol. The standard InChI is InChI=1S/C23H22N2O6/c1-30-19-9-3-2-8-18(19)24-14-15(12-22(24)28)23(29)31-17-7-4-6-16(13-17)25-20(26)10-5-11-21(25)27/h2-4,6-9,13,15H,5,10-12,14H2,1H3/t15-/m1/s1. The summed E-state index contributed by atoms with van der Waals surface area (Å²) >= 11 is 0. The summed E-state index contributed by atoms with van der Waals surface area (Å²) in [6.45, 7) is 0.181. The van der Waals surface area contributed by atoms with Gasteiger partial charge in [-0.05, 0) is 30.7 Å². The lowest BCUT2D eigenvalue weighted by Crippen LogP contribution is -2.40. The van der Waals surface area contributed by atoms with Crippen molar-refractivity contribution in [3.05, 3.63) is 48.5 Å². The molecule has 0 unspecified atom stereocenters. The number of methoxy groups -OCH3 is 1. The average Bonchev–Trinajstić information content (AvgIpc) is 3.15. The summed E-state index contributed by atoms with van der Waals surface area (Å²) in [5.41, 5.74) is 0.979. The van der Waals surface area contributed by atoms with Gasteiger partial charge in [0.25, 0.3) is 0 Å². The van der Waals surface area contributed by atoms with Crippen LogP contribution in [-0.2, 0) is 19.2 Å². The molecular weight excluding hydrogens is 400 g/mol. The third kappa shape index (κ3) is 4.14. The van der Waals surface area contributed by atoms with E-state index in [1.807, 2.05) is 0 Å². The molecule has 2 aromatic carbocycles. The van der Waals surface area contributed by atoms with Crippen LogP contribution >= 0.6 is 0 Å². The van der Waals surface area contributed by atoms with Gasteiger partial charge in [0.2, 0.25) is 17.7 Å². The largest absolute Gasteiger partial charge is 0.495 e. The molecule has 0 spiro atoms. The highest BCUT2D eigenvalue weighted by Crippen LogP contribution is 2.33. The van der Waals surface area contributed by atoms with Crippen LogP contribution in [0.2, 0.25) is 0 Å². The van der Waals surface area contributed by atoms with Crippen LogP contribution in [0.5, 0.6) is 11.5 Å². The van der Waals surface area contributed by atoms with Gasteiger partial charge in [0.15, 0.2) is 0 Å². The molecule has 31 heavy (non-hydrogen) atoms. The Morgan fingerprint density at radius 1 is 0.968 bits per heavy atom. The first kappa shape index (κ1) is 20.6. The number of piperidine rings is 1. The first-order valence-electron chi connectivity index (χ1n) is 10.1. The Morgan fingerprint density at radius 3 is 2.45 bits per heavy atom. The van der Waals surface area contributed by atoms with Crippen molar-refractivity contribution in [1.82, 2.24) is 0 Å². The molecule has 0 aromatic heterocycles. The molecule has 8 nitrogen and oxygen atoms in total. The monoisotopic (exact) mass is 422 g/mol. The van der Waals surface area contributed by atoms with Crippen LogP contribution < -0.4 is 19.3 Å². The molecule has 2 fully saturated rings. The van der Waals surface area contributed by atoms with Crippen LogP contribution in [0.15, 0.2) is 48.5 Å². The van der Waals surface area contributed by atoms with Gasteiger partial charge in [-0.2, -0.15) is 0 Å². The van der Waals surface area contributed by atoms with E-state index in [4.69, 9.17) is 9.47 Å². The van der Waals surface area contributed by atoms with E-state index in [2.05, 4.69) is 0 Å². The lowest BCUT2D eigenvalue weighted by Gasteiger charge is -2.25. The number of amides is 3. The van der Waals surface area contributed by atoms with Gasteiger partial charge in [0, 0.05) is 31.9 Å². The highest BCUT2D eigenvalue weighted by atomic mass is 16.5. The molecule has 1 atom stereocenters. The SMILES string of the molecule is COc1ccccc1N1C[C@H](C(=O)Oc2cccc(N3C(=O)CCCC3=O)c2)CC1=O. The van der Waals surface area contributed by atoms with E-state index < -0.39 is 11.9 Å². The Bertz CT molecular complexity index is 1030. The van der Waals surface area contributed by atoms with Gasteiger partial charge in [-0.3, -0.25) is 24.1 Å². The van der Waals surface area contributed by atoms with Crippen LogP contribution in [0.1, 0.15) is 25.7 Å². The molecule has 4 rings (SSSR count). The van der Waals surface area contributed by atoms with Crippen molar-refractivity contribution in [2.75, 3.05) is 23.5 Å². The van der Waals surface area contributed by atoms with Gasteiger partial charge in [-0.25, -0.2) is 0 Å². The molecule has 2 aromatic rings. The van der Waals surface area contributed by atoms with Crippen molar-refractivity contribution in [2.45, 2.75) is 25.7 Å². The van der Waals surface area contributed by atoms with Crippen LogP contribution in [-0.4, -0.2) is 37.3 Å². The molecule has 2 aliphatic rings. The molecular formula is C23H22N2O6. The molecule has 160 valence electrons. The Labute approximate surface area is 179 Å². The van der Waals surface area contributed by atoms with E-state index in [1.165, 1.54) is 18.1 Å². The lowest BCUT2D eigenvalue weighted by molar-refractivity contribution is -0.139. The number of carbonyl (C=O) groups excluding carboxylic acids is 4. The van der Waals surface area contributed by atoms with E-state index in [-0.39, 0.29) is 36.4 Å². The maximum Gasteiger partial charge on any atom is 0.316 e. The van der Waals surface area contributed by atoms with E-state index in [0.717, 1.165) is 4.90 Å². The quantitative estimate of drug-likeness (QED) is 0.418. The third-order valence-electron chi connectivity index (χ3n) is 5.41. The van der Waals surface area contributed by atoms with Crippen molar-refractivity contribution >= 4 is 35.1 Å². The van der Waals surface area contributed by atoms with Crippen molar-refractivity contribution in [1.29, 1.82) is 0 Å². The van der Waals surface area contributed by atoms with Gasteiger partial charge >= 0.3 is 5.97 Å². The van der Waals surface area contributed by atoms with Gasteiger partial charge in [-0.15, -0.1) is 0 Å². The number of carbonyl (C=O) groups is 4. The second kappa shape index (κ2) is 8.59. The first-order valence-corrected chi connectivity index (χ1v) is 10.1. The van der Waals surface area contributed by atoms with Crippen LogP contribution in [0.4, 0.5) is 11.4 Å². The number of rotatable bonds is 5. The maximum absolute atomic E-state index is 12.7. The number of anilines is 2. The summed E-state index contributed by atoms with van der Waals surface area (Å²) in [5, 5.41) is 0. The molecule has 8 heteroatoms. The molecule has 0 aliphatic carbocycles. The average molecular weight is 422 g/mol. The summed E-state index contributed by atoms with van der Waals surface area (Å²) in [5.74, 6) is -1.14. The van der Waals surface area contributed by atoms with Crippen molar-refractivity contribution in [2.24, 2.45) is 5.92 Å². The molecule has 3 amide bonds. The second-order valence-corrected chi connectivity index (χ2v) is 7.47. The fraction of sp³-hybridized carbons (Fsp3) is 0.304. The molecule has 0 N–H and O–H groups in total. The number of para-hydroxylation sites is 2. The Morgan fingerprint density at radius 2 is 1.71 bits per heavy atom. The number of benzene rings is 2. The van der Waals surface area contributed by atoms with Crippen LogP contribution in [0.25, 0.3) is 0 Å². The van der Waals surface area contributed by atoms with Crippen molar-refractivity contribution < 1.29 is 28.7 Å². The molecule has 2 saturated heterocycles. The summed E-state index contributed by atoms with van der Waals surface area (Å²) in [7, 11) is 1.52. The number of nitrogens with zero attached hydrogens (tertiary/aromatic N) is 2. The number of hydrogen-bond donors (Lipinski definition) is 0. The highest BCUT2D eigenvalue weighted by Gasteiger charge is 2.37. The van der Waals surface area contributed by atoms with Gasteiger partial charge < -0.3 is 14.4 Å². The van der Waals surface area contributed by atoms with E-state index in [0.29, 0.717) is 36.4 Å². The van der Waals surface area contributed by atoms with Gasteiger partial charge in [-0.1, -0.05) is 18.2 Å². The summed E-state index contributed by atoms with van der Waals surface area (Å²) < 4.78 is 10.8. The minimum atomic E-state index is -0.640. The number of esters is 1. The fourth-order valence-corrected chi connectivity index (χ4v) is 3.88. The molecule has 0 saturated carbocycles. The van der Waals surface area contributed by atoms with Crippen LogP contribution in [0, 0.1) is 5.92 Å². The smallest absolute Gasteiger partial charge is 0.316 e. The minimum absolute atomic E-state index is 0.0274. The Hall–Kier alpha value is -3.68. The summed E-state index contributed by atoms with van der Waals surface area (Å²) in [6.07, 6.45) is 1.18. The zero-order valence-corrected chi connectivity index (χ0v) is 17.1. The van der Waals surface area contributed by atoms with Gasteiger partial charge in [0.05, 0.1) is 24.4 Å². The van der Waals surface area contributed by atoms with Gasteiger partial charge in [0.1, 0.15) is 11.5 Å². The summed E-state index contributed by atoms with van der Waals surface area (Å²) in [6, 6.07) is 13.4. The topological polar surface area (TPSA) is 93.2 Å². The van der Waals surface area contributed by atoms with E-state index in [9.17, 15) is 19.2 Å². The number of hydrogen-bond acceptors (Lipinski definition) is 6. The minimum Gasteiger partial charge on any atom is -0.495 e. The molecule has 2 aliphatic heterocycles. The Balaban J connectivity index is 1.47. The highest BCUT2D eigenvalue weighted by molar-refractivity contribution is 6.16. The fourth-order valence-electron chi connectivity index (χ4n) is 3.88. The maximum atomic E-state index is 12.7. The number of ether oxygens (including phenoxy) is 2. The normalized spacial score (nSPS) is 19.0. The van der Waals surface area contributed by atoms with Crippen LogP contribution in [0.3, 0.4) is 0 Å². The van der Waals surface area contributed by atoms with Crippen molar-refractivity contribution in [3.8, 4) is 11.5 Å². The molecule has 0 bridgehead atoms. The number of imide groups is 1. The first-order chi connectivity index (χ1) is 15.0. The third-order valence-corrected chi connectivity index (χ3v) is 5.41. The predicted octanol–water partition coefficient (Wildman–Crippen LogP) is 2.70. The molecule has 0 radical (unpaired) electrons. The molecule has 2 heterocycles. The Kier molecular flexibility index (Phi) is 5.70. The van der Waals surface area contributed by atoms with Crippen molar-refractivity contribution in [3.63, 3.8) is 0 Å². The van der Waals surface area contributed by atoms with E-state index >= 15 is 0 Å². The zero-order chi connectivity index (χ0) is 22.0. The lowest BCUT2D eigenvalue weighted by atomic mass is 10.1. The van der Waals surface area contributed by atoms with E-state index in [1.54, 1.807) is 42.5 Å².